The van der Waals surface area contributed by atoms with Crippen molar-refractivity contribution in [2.45, 2.75) is 19.4 Å². The highest BCUT2D eigenvalue weighted by Crippen LogP contribution is 2.33. The van der Waals surface area contributed by atoms with E-state index >= 15 is 0 Å². The zero-order valence-corrected chi connectivity index (χ0v) is 25.4. The molecule has 0 spiro atoms. The van der Waals surface area contributed by atoms with Crippen LogP contribution in [0, 0.1) is 0 Å². The lowest BCUT2D eigenvalue weighted by atomic mass is 10.1. The lowest BCUT2D eigenvalue weighted by molar-refractivity contribution is -0.133. The van der Waals surface area contributed by atoms with E-state index in [1.165, 1.54) is 11.6 Å². The summed E-state index contributed by atoms with van der Waals surface area (Å²) in [7, 11) is 0. The molecule has 2 aliphatic rings. The number of aromatic nitrogens is 1. The van der Waals surface area contributed by atoms with Gasteiger partial charge in [-0.2, -0.15) is 0 Å². The van der Waals surface area contributed by atoms with E-state index in [4.69, 9.17) is 32.7 Å². The number of carbonyl (C=O) groups excluding carboxylic acids is 2. The zero-order valence-electron chi connectivity index (χ0n) is 23.9. The molecule has 0 radical (unpaired) electrons. The van der Waals surface area contributed by atoms with Crippen molar-refractivity contribution in [3.8, 4) is 11.5 Å². The Balaban J connectivity index is 0.925. The first-order chi connectivity index (χ1) is 21.4. The van der Waals surface area contributed by atoms with Crippen molar-refractivity contribution >= 4 is 52.2 Å². The van der Waals surface area contributed by atoms with E-state index in [0.29, 0.717) is 40.0 Å². The van der Waals surface area contributed by atoms with Gasteiger partial charge in [0, 0.05) is 50.4 Å². The molecule has 0 bridgehead atoms. The molecule has 0 atom stereocenters. The molecule has 1 aromatic heterocycles. The van der Waals surface area contributed by atoms with Gasteiger partial charge in [0.15, 0.2) is 11.5 Å². The molecule has 0 saturated carbocycles. The van der Waals surface area contributed by atoms with Gasteiger partial charge in [-0.15, -0.1) is 0 Å². The van der Waals surface area contributed by atoms with Gasteiger partial charge in [-0.3, -0.25) is 14.5 Å². The van der Waals surface area contributed by atoms with Gasteiger partial charge in [-0.1, -0.05) is 41.4 Å². The fourth-order valence-electron chi connectivity index (χ4n) is 5.15. The van der Waals surface area contributed by atoms with Gasteiger partial charge in [-0.05, 0) is 72.1 Å². The van der Waals surface area contributed by atoms with Crippen molar-refractivity contribution in [2.24, 2.45) is 0 Å². The van der Waals surface area contributed by atoms with Gasteiger partial charge in [0.2, 0.25) is 12.7 Å². The highest BCUT2D eigenvalue weighted by molar-refractivity contribution is 6.42. The second-order valence-corrected chi connectivity index (χ2v) is 11.5. The van der Waals surface area contributed by atoms with E-state index in [2.05, 4.69) is 26.6 Å². The summed E-state index contributed by atoms with van der Waals surface area (Å²) in [6.45, 7) is 4.27. The third-order valence-electron chi connectivity index (χ3n) is 7.63. The molecule has 226 valence electrons. The van der Waals surface area contributed by atoms with Gasteiger partial charge >= 0.3 is 0 Å². The van der Waals surface area contributed by atoms with Crippen LogP contribution in [-0.2, 0) is 17.8 Å². The average molecular weight is 633 g/mol. The maximum atomic E-state index is 12.9. The summed E-state index contributed by atoms with van der Waals surface area (Å²) >= 11 is 11.9. The first-order valence-electron chi connectivity index (χ1n) is 14.4. The third-order valence-corrected chi connectivity index (χ3v) is 8.36. The Hall–Kier alpha value is -4.31. The topological polar surface area (TPSA) is 96.0 Å². The molecular formula is C33H31Cl2N5O4. The van der Waals surface area contributed by atoms with E-state index in [1.54, 1.807) is 30.5 Å². The summed E-state index contributed by atoms with van der Waals surface area (Å²) in [5.74, 6) is 2.11. The first kappa shape index (κ1) is 29.7. The minimum Gasteiger partial charge on any atom is -0.454 e. The van der Waals surface area contributed by atoms with Crippen molar-refractivity contribution in [1.82, 2.24) is 14.8 Å². The lowest BCUT2D eigenvalue weighted by Gasteiger charge is -2.35. The number of nitrogens with one attached hydrogen (secondary N) is 2. The van der Waals surface area contributed by atoms with Crippen LogP contribution >= 0.6 is 23.2 Å². The number of aryl methyl sites for hydroxylation is 1. The summed E-state index contributed by atoms with van der Waals surface area (Å²) in [5.41, 5.74) is 4.11. The minimum absolute atomic E-state index is 0.186. The van der Waals surface area contributed by atoms with Crippen LogP contribution in [0.15, 0.2) is 79.0 Å². The molecule has 3 aromatic carbocycles. The number of ether oxygens (including phenoxy) is 2. The highest BCUT2D eigenvalue weighted by atomic mass is 35.5. The van der Waals surface area contributed by atoms with Crippen LogP contribution < -0.4 is 20.1 Å². The van der Waals surface area contributed by atoms with E-state index in [1.807, 2.05) is 41.3 Å². The Morgan fingerprint density at radius 2 is 1.55 bits per heavy atom. The summed E-state index contributed by atoms with van der Waals surface area (Å²) in [6.07, 6.45) is 2.74. The lowest BCUT2D eigenvalue weighted by Crippen LogP contribution is -2.48. The Bertz CT molecular complexity index is 1640. The predicted octanol–water partition coefficient (Wildman–Crippen LogP) is 6.39. The van der Waals surface area contributed by atoms with Crippen LogP contribution in [0.1, 0.15) is 27.9 Å². The largest absolute Gasteiger partial charge is 0.454 e. The number of hydrogen-bond donors (Lipinski definition) is 2. The van der Waals surface area contributed by atoms with Crippen LogP contribution in [-0.4, -0.2) is 59.6 Å². The molecular weight excluding hydrogens is 601 g/mol. The third kappa shape index (κ3) is 7.42. The highest BCUT2D eigenvalue weighted by Gasteiger charge is 2.22. The van der Waals surface area contributed by atoms with Gasteiger partial charge in [0.05, 0.1) is 21.9 Å². The monoisotopic (exact) mass is 631 g/mol. The number of benzene rings is 3. The molecule has 0 unspecified atom stereocenters. The van der Waals surface area contributed by atoms with E-state index in [0.717, 1.165) is 55.5 Å². The molecule has 0 aliphatic carbocycles. The predicted molar refractivity (Wildman–Crippen MR) is 171 cm³/mol. The molecule has 11 heteroatoms. The molecule has 9 nitrogen and oxygen atoms in total. The SMILES string of the molecule is O=C(Nc1ccc(Nc2ccc(CCC(=O)N3CCN(Cc4ccc5c(c4)OCO5)CC3)cc2)nc1)c1ccc(Cl)c(Cl)c1. The molecule has 2 aliphatic heterocycles. The summed E-state index contributed by atoms with van der Waals surface area (Å²) in [4.78, 5) is 34.1. The van der Waals surface area contributed by atoms with E-state index in [-0.39, 0.29) is 18.6 Å². The number of nitrogens with zero attached hydrogens (tertiary/aromatic N) is 3. The average Bonchev–Trinajstić information content (AvgIpc) is 3.51. The van der Waals surface area contributed by atoms with Crippen molar-refractivity contribution in [2.75, 3.05) is 43.6 Å². The van der Waals surface area contributed by atoms with Crippen LogP contribution in [0.5, 0.6) is 11.5 Å². The number of pyridine rings is 1. The molecule has 2 N–H and O–H groups in total. The van der Waals surface area contributed by atoms with Crippen molar-refractivity contribution in [1.29, 1.82) is 0 Å². The fraction of sp³-hybridized carbons (Fsp3) is 0.242. The molecule has 2 amide bonds. The standard InChI is InChI=1S/C33H31Cl2N5O4/c34-27-9-5-24(18-28(27)35)33(42)38-26-8-11-31(36-19-26)37-25-6-1-22(2-7-25)4-12-32(41)40-15-13-39(14-16-40)20-23-3-10-29-30(17-23)44-21-43-29/h1-3,5-11,17-19H,4,12-16,20-21H2,(H,36,37)(H,38,42). The maximum absolute atomic E-state index is 12.9. The number of amides is 2. The summed E-state index contributed by atoms with van der Waals surface area (Å²) in [6, 6.07) is 22.3. The molecule has 44 heavy (non-hydrogen) atoms. The second-order valence-electron chi connectivity index (χ2n) is 10.7. The van der Waals surface area contributed by atoms with Gasteiger partial charge < -0.3 is 25.0 Å². The molecule has 1 saturated heterocycles. The quantitative estimate of drug-likeness (QED) is 0.221. The Labute approximate surface area is 265 Å². The van der Waals surface area contributed by atoms with Crippen molar-refractivity contribution in [3.05, 3.63) is 106 Å². The molecule has 3 heterocycles. The van der Waals surface area contributed by atoms with Crippen LogP contribution in [0.3, 0.4) is 0 Å². The van der Waals surface area contributed by atoms with Crippen molar-refractivity contribution in [3.63, 3.8) is 0 Å². The summed E-state index contributed by atoms with van der Waals surface area (Å²) in [5, 5.41) is 6.76. The smallest absolute Gasteiger partial charge is 0.255 e. The van der Waals surface area contributed by atoms with Gasteiger partial charge in [0.1, 0.15) is 5.82 Å². The number of piperazine rings is 1. The van der Waals surface area contributed by atoms with E-state index in [9.17, 15) is 9.59 Å². The number of hydrogen-bond acceptors (Lipinski definition) is 7. The minimum atomic E-state index is -0.306. The second kappa shape index (κ2) is 13.5. The number of halogens is 2. The molecule has 1 fully saturated rings. The molecule has 6 rings (SSSR count). The zero-order chi connectivity index (χ0) is 30.5. The number of fused-ring (bicyclic) bond motifs is 1. The van der Waals surface area contributed by atoms with E-state index < -0.39 is 0 Å². The van der Waals surface area contributed by atoms with Crippen LogP contribution in [0.2, 0.25) is 10.0 Å². The maximum Gasteiger partial charge on any atom is 0.255 e. The Kier molecular flexibility index (Phi) is 9.16. The first-order valence-corrected chi connectivity index (χ1v) is 15.1. The van der Waals surface area contributed by atoms with Crippen LogP contribution in [0.4, 0.5) is 17.2 Å². The number of rotatable bonds is 9. The summed E-state index contributed by atoms with van der Waals surface area (Å²) < 4.78 is 10.9. The number of carbonyl (C=O) groups is 2. The van der Waals surface area contributed by atoms with Gasteiger partial charge in [0.25, 0.3) is 5.91 Å². The fourth-order valence-corrected chi connectivity index (χ4v) is 5.45. The number of anilines is 3. The Morgan fingerprint density at radius 3 is 2.30 bits per heavy atom. The van der Waals surface area contributed by atoms with Crippen LogP contribution in [0.25, 0.3) is 0 Å². The van der Waals surface area contributed by atoms with Gasteiger partial charge in [-0.25, -0.2) is 4.98 Å². The Morgan fingerprint density at radius 1 is 0.795 bits per heavy atom. The molecule has 4 aromatic rings. The van der Waals surface area contributed by atoms with Crippen molar-refractivity contribution < 1.29 is 19.1 Å². The normalized spacial score (nSPS) is 14.4.